The van der Waals surface area contributed by atoms with Gasteiger partial charge in [0.25, 0.3) is 5.56 Å². The lowest BCUT2D eigenvalue weighted by molar-refractivity contribution is 0.0540. The molecule has 4 heterocycles. The van der Waals surface area contributed by atoms with Crippen LogP contribution in [-0.4, -0.2) is 39.9 Å². The van der Waals surface area contributed by atoms with E-state index in [2.05, 4.69) is 15.3 Å². The van der Waals surface area contributed by atoms with Gasteiger partial charge < -0.3 is 14.6 Å². The van der Waals surface area contributed by atoms with Gasteiger partial charge in [-0.2, -0.15) is 4.98 Å². The maximum absolute atomic E-state index is 13.8. The van der Waals surface area contributed by atoms with E-state index in [1.807, 2.05) is 31.2 Å². The molecule has 11 nitrogen and oxygen atoms in total. The maximum atomic E-state index is 13.8. The van der Waals surface area contributed by atoms with E-state index in [1.165, 1.54) is 9.13 Å². The number of imidazole rings is 1. The molecule has 11 heteroatoms. The minimum absolute atomic E-state index is 0.128. The zero-order chi connectivity index (χ0) is 28.1. The molecule has 5 rings (SSSR count). The number of anilines is 2. The molecule has 5 aromatic rings. The smallest absolute Gasteiger partial charge is 0.419 e. The number of fused-ring (bicyclic) bond motifs is 2. The van der Waals surface area contributed by atoms with Gasteiger partial charge in [-0.25, -0.2) is 14.2 Å². The molecule has 0 saturated heterocycles. The number of nitrogens with one attached hydrogen (secondary N) is 1. The van der Waals surface area contributed by atoms with Crippen LogP contribution in [0.15, 0.2) is 58.4 Å². The number of benzene rings is 1. The highest BCUT2D eigenvalue weighted by Crippen LogP contribution is 2.26. The number of aromatic nitrogens is 6. The first kappa shape index (κ1) is 26.0. The maximum Gasteiger partial charge on any atom is 0.419 e. The van der Waals surface area contributed by atoms with Crippen molar-refractivity contribution in [2.75, 3.05) is 5.32 Å². The van der Waals surface area contributed by atoms with Crippen molar-refractivity contribution in [1.82, 2.24) is 28.2 Å². The van der Waals surface area contributed by atoms with Crippen molar-refractivity contribution in [1.29, 1.82) is 0 Å². The van der Waals surface area contributed by atoms with Gasteiger partial charge in [0, 0.05) is 37.6 Å². The number of carbonyl (C=O) groups excluding carboxylic acids is 1. The highest BCUT2D eigenvalue weighted by atomic mass is 16.6. The van der Waals surface area contributed by atoms with Crippen LogP contribution in [0.5, 0.6) is 0 Å². The van der Waals surface area contributed by atoms with E-state index < -0.39 is 22.9 Å². The van der Waals surface area contributed by atoms with Crippen LogP contribution in [0.1, 0.15) is 39.0 Å². The fourth-order valence-corrected chi connectivity index (χ4v) is 4.72. The first-order chi connectivity index (χ1) is 18.5. The van der Waals surface area contributed by atoms with Crippen LogP contribution >= 0.6 is 0 Å². The molecular formula is C28H31N7O4. The number of carbonyl (C=O) groups is 1. The average Bonchev–Trinajstić information content (AvgIpc) is 3.42. The van der Waals surface area contributed by atoms with Gasteiger partial charge >= 0.3 is 11.8 Å². The molecule has 0 aliphatic heterocycles. The lowest BCUT2D eigenvalue weighted by Gasteiger charge is -2.21. The molecule has 4 aromatic heterocycles. The summed E-state index contributed by atoms with van der Waals surface area (Å²) in [5.74, 6) is 0.400. The SMILES string of the molecule is CCc1cccc2c1cc(Cn1c(=O)c3c(nc(Nc4ccncc4)n3C)n(C)c1=O)n2C(=O)OC(C)(C)C. The van der Waals surface area contributed by atoms with Gasteiger partial charge in [-0.3, -0.25) is 18.9 Å². The monoisotopic (exact) mass is 529 g/mol. The molecule has 0 fully saturated rings. The van der Waals surface area contributed by atoms with Crippen LogP contribution in [0, 0.1) is 0 Å². The predicted octanol–water partition coefficient (Wildman–Crippen LogP) is 3.92. The Bertz CT molecular complexity index is 1840. The quantitative estimate of drug-likeness (QED) is 0.367. The summed E-state index contributed by atoms with van der Waals surface area (Å²) in [5.41, 5.74) is 1.63. The van der Waals surface area contributed by atoms with Crippen LogP contribution in [0.2, 0.25) is 0 Å². The second kappa shape index (κ2) is 9.57. The summed E-state index contributed by atoms with van der Waals surface area (Å²) in [6.07, 6.45) is 3.46. The normalized spacial score (nSPS) is 11.8. The van der Waals surface area contributed by atoms with Crippen molar-refractivity contribution in [3.05, 3.63) is 80.9 Å². The van der Waals surface area contributed by atoms with Crippen LogP contribution in [0.4, 0.5) is 16.4 Å². The Morgan fingerprint density at radius 3 is 2.44 bits per heavy atom. The van der Waals surface area contributed by atoms with E-state index in [0.29, 0.717) is 17.2 Å². The highest BCUT2D eigenvalue weighted by molar-refractivity contribution is 5.93. The van der Waals surface area contributed by atoms with Crippen LogP contribution < -0.4 is 16.6 Å². The largest absolute Gasteiger partial charge is 0.443 e. The molecule has 1 N–H and O–H groups in total. The Morgan fingerprint density at radius 1 is 1.05 bits per heavy atom. The van der Waals surface area contributed by atoms with E-state index in [9.17, 15) is 14.4 Å². The fourth-order valence-electron chi connectivity index (χ4n) is 4.72. The zero-order valence-corrected chi connectivity index (χ0v) is 22.8. The number of hydrogen-bond donors (Lipinski definition) is 1. The lowest BCUT2D eigenvalue weighted by Crippen LogP contribution is -2.40. The molecule has 0 aliphatic rings. The highest BCUT2D eigenvalue weighted by Gasteiger charge is 2.25. The number of nitrogens with zero attached hydrogens (tertiary/aromatic N) is 6. The zero-order valence-electron chi connectivity index (χ0n) is 22.8. The van der Waals surface area contributed by atoms with Crippen molar-refractivity contribution in [3.63, 3.8) is 0 Å². The van der Waals surface area contributed by atoms with Gasteiger partial charge in [0.2, 0.25) is 5.95 Å². The second-order valence-corrected chi connectivity index (χ2v) is 10.4. The fraction of sp³-hybridized carbons (Fsp3) is 0.321. The molecule has 39 heavy (non-hydrogen) atoms. The van der Waals surface area contributed by atoms with Crippen molar-refractivity contribution < 1.29 is 9.53 Å². The standard InChI is InChI=1S/C28H31N7O4/c1-7-17-9-8-10-21-20(17)15-19(35(21)27(38)39-28(2,3)4)16-34-24(36)22-23(33(6)26(34)37)31-25(32(22)5)30-18-11-13-29-14-12-18/h8-15H,7,16H2,1-6H3,(H,29,30,31). The molecule has 0 unspecified atom stereocenters. The third-order valence-electron chi connectivity index (χ3n) is 6.59. The molecule has 0 atom stereocenters. The van der Waals surface area contributed by atoms with Gasteiger partial charge in [-0.1, -0.05) is 19.1 Å². The molecular weight excluding hydrogens is 498 g/mol. The van der Waals surface area contributed by atoms with E-state index in [4.69, 9.17) is 4.74 Å². The summed E-state index contributed by atoms with van der Waals surface area (Å²) in [7, 11) is 3.28. The molecule has 1 aromatic carbocycles. The third kappa shape index (κ3) is 4.60. The van der Waals surface area contributed by atoms with Gasteiger partial charge in [0.15, 0.2) is 11.2 Å². The minimum Gasteiger partial charge on any atom is -0.443 e. The van der Waals surface area contributed by atoms with Crippen LogP contribution in [-0.2, 0) is 31.8 Å². The van der Waals surface area contributed by atoms with E-state index in [1.54, 1.807) is 64.0 Å². The Labute approximate surface area is 224 Å². The number of rotatable bonds is 5. The summed E-state index contributed by atoms with van der Waals surface area (Å²) in [6.45, 7) is 7.29. The first-order valence-electron chi connectivity index (χ1n) is 12.7. The third-order valence-corrected chi connectivity index (χ3v) is 6.59. The van der Waals surface area contributed by atoms with Crippen LogP contribution in [0.3, 0.4) is 0 Å². The predicted molar refractivity (Wildman–Crippen MR) is 150 cm³/mol. The van der Waals surface area contributed by atoms with Gasteiger partial charge in [0.05, 0.1) is 17.8 Å². The lowest BCUT2D eigenvalue weighted by atomic mass is 10.1. The topological polar surface area (TPSA) is 118 Å². The van der Waals surface area contributed by atoms with Gasteiger partial charge in [-0.15, -0.1) is 0 Å². The van der Waals surface area contributed by atoms with E-state index in [-0.39, 0.29) is 17.7 Å². The van der Waals surface area contributed by atoms with Crippen molar-refractivity contribution in [2.45, 2.75) is 46.3 Å². The number of hydrogen-bond acceptors (Lipinski definition) is 7. The van der Waals surface area contributed by atoms with Crippen LogP contribution in [0.25, 0.3) is 22.1 Å². The summed E-state index contributed by atoms with van der Waals surface area (Å²) in [6, 6.07) is 11.1. The van der Waals surface area contributed by atoms with Crippen molar-refractivity contribution in [3.8, 4) is 0 Å². The number of pyridine rings is 1. The Morgan fingerprint density at radius 2 is 1.77 bits per heavy atom. The second-order valence-electron chi connectivity index (χ2n) is 10.4. The summed E-state index contributed by atoms with van der Waals surface area (Å²) in [4.78, 5) is 49.1. The summed E-state index contributed by atoms with van der Waals surface area (Å²) >= 11 is 0. The Kier molecular flexibility index (Phi) is 6.37. The Balaban J connectivity index is 1.68. The molecule has 202 valence electrons. The van der Waals surface area contributed by atoms with Crippen molar-refractivity contribution >= 4 is 39.8 Å². The molecule has 0 saturated carbocycles. The minimum atomic E-state index is -0.730. The number of aryl methyl sites for hydroxylation is 3. The first-order valence-corrected chi connectivity index (χ1v) is 12.7. The van der Waals surface area contributed by atoms with Crippen molar-refractivity contribution in [2.24, 2.45) is 14.1 Å². The van der Waals surface area contributed by atoms with E-state index >= 15 is 0 Å². The average molecular weight is 530 g/mol. The molecule has 0 radical (unpaired) electrons. The van der Waals surface area contributed by atoms with E-state index in [0.717, 1.165) is 27.6 Å². The molecule has 0 amide bonds. The van der Waals surface area contributed by atoms with Gasteiger partial charge in [0.1, 0.15) is 5.60 Å². The summed E-state index contributed by atoms with van der Waals surface area (Å²) < 4.78 is 11.2. The number of ether oxygens (including phenoxy) is 1. The molecule has 0 aliphatic carbocycles. The molecule has 0 spiro atoms. The molecule has 0 bridgehead atoms. The Hall–Kier alpha value is -4.67. The van der Waals surface area contributed by atoms with Gasteiger partial charge in [-0.05, 0) is 57.0 Å². The summed E-state index contributed by atoms with van der Waals surface area (Å²) in [5, 5.41) is 4.04.